The first-order valence-corrected chi connectivity index (χ1v) is 26.0. The van der Waals surface area contributed by atoms with Crippen molar-refractivity contribution in [1.82, 2.24) is 0 Å². The van der Waals surface area contributed by atoms with Gasteiger partial charge in [0.2, 0.25) is 0 Å². The van der Waals surface area contributed by atoms with Gasteiger partial charge in [-0.25, -0.2) is 0 Å². The standard InChI is InChI=1S/C25H25.C18H25.C13H10.2ClH.Zr/c1-14-12-24(3,4)22-8-16-7-17-9-23-19(15(2)13-25(23,5)6)11-21(17)20(16)10-18(14)22;1-12-3-13(2)17(4-12)11-18-8-14-5-15(9-18)7-16(6-14)10-18;1-3-7-12(8-4-1)11-13-9-5-2-6-10-13;;;/h8-12H,7H2,1-6H3;4,12,14-16H,5-11H2,1-2H3;1-10H;2*1H;/q;;;;;+2/p-2. The fourth-order valence-electron chi connectivity index (χ4n) is 14.5. The maximum atomic E-state index is 2.78. The summed E-state index contributed by atoms with van der Waals surface area (Å²) in [4.78, 5) is 0. The average molecular weight is 895 g/mol. The normalized spacial score (nSPS) is 26.9. The Hall–Kier alpha value is -2.83. The first-order valence-electron chi connectivity index (χ1n) is 22.3. The monoisotopic (exact) mass is 892 g/mol. The molecular weight excluding hydrogens is 835 g/mol. The SMILES string of the molecule is CC1=CC(C)(C)c2cc3c(cc21)-c1cc2c(cc1C3)C(C)(C)[C]([Zr+2]([C]1=C(C)C(CC34CC5CC(CC(C5)C3)C4)=CC1C)=[C](c1ccccc1)c1ccccc1)=C2C.[Cl-].[Cl-]. The first-order chi connectivity index (χ1) is 27.3. The van der Waals surface area contributed by atoms with Crippen molar-refractivity contribution in [3.8, 4) is 11.1 Å². The van der Waals surface area contributed by atoms with E-state index in [0.29, 0.717) is 11.3 Å². The number of rotatable bonds is 6. The molecule has 4 bridgehead atoms. The Morgan fingerprint density at radius 1 is 0.644 bits per heavy atom. The Kier molecular flexibility index (Phi) is 10.3. The summed E-state index contributed by atoms with van der Waals surface area (Å²) in [6.45, 7) is 20.0. The van der Waals surface area contributed by atoms with E-state index in [2.05, 4.69) is 152 Å². The van der Waals surface area contributed by atoms with Gasteiger partial charge in [0.15, 0.2) is 0 Å². The van der Waals surface area contributed by atoms with E-state index >= 15 is 0 Å². The van der Waals surface area contributed by atoms with Crippen molar-refractivity contribution in [1.29, 1.82) is 0 Å². The van der Waals surface area contributed by atoms with Crippen LogP contribution in [0.3, 0.4) is 0 Å². The number of fused-ring (bicyclic) bond motifs is 5. The van der Waals surface area contributed by atoms with Gasteiger partial charge in [-0.2, -0.15) is 0 Å². The van der Waals surface area contributed by atoms with Gasteiger partial charge in [-0.1, -0.05) is 0 Å². The third kappa shape index (κ3) is 6.40. The van der Waals surface area contributed by atoms with Crippen molar-refractivity contribution in [3.63, 3.8) is 0 Å². The Morgan fingerprint density at radius 2 is 1.17 bits per heavy atom. The minimum atomic E-state index is -2.94. The zero-order valence-electron chi connectivity index (χ0n) is 36.5. The second-order valence-electron chi connectivity index (χ2n) is 21.1. The maximum absolute atomic E-state index is 2.94. The fraction of sp³-hybridized carbons (Fsp3) is 0.411. The van der Waals surface area contributed by atoms with E-state index in [1.54, 1.807) is 28.8 Å². The van der Waals surface area contributed by atoms with Gasteiger partial charge in [0.05, 0.1) is 0 Å². The number of allylic oxidation sites excluding steroid dienone is 8. The summed E-state index contributed by atoms with van der Waals surface area (Å²) in [5.74, 6) is 3.46. The first kappa shape index (κ1) is 41.5. The molecule has 0 radical (unpaired) electrons. The Morgan fingerprint density at radius 3 is 1.73 bits per heavy atom. The van der Waals surface area contributed by atoms with Crippen LogP contribution in [0.4, 0.5) is 0 Å². The second-order valence-corrected chi connectivity index (χ2v) is 26.7. The summed E-state index contributed by atoms with van der Waals surface area (Å²) in [6.07, 6.45) is 16.6. The quantitative estimate of drug-likeness (QED) is 0.161. The molecule has 0 heterocycles. The Bertz CT molecular complexity index is 2500. The molecule has 0 saturated heterocycles. The van der Waals surface area contributed by atoms with Crippen LogP contribution in [-0.2, 0) is 38.5 Å². The van der Waals surface area contributed by atoms with E-state index < -0.39 is 21.3 Å². The third-order valence-corrected chi connectivity index (χ3v) is 26.0. The molecule has 0 spiro atoms. The van der Waals surface area contributed by atoms with Crippen LogP contribution < -0.4 is 24.8 Å². The topological polar surface area (TPSA) is 0 Å². The van der Waals surface area contributed by atoms with Crippen molar-refractivity contribution in [3.05, 3.63) is 159 Å². The third-order valence-electron chi connectivity index (χ3n) is 16.3. The molecule has 302 valence electrons. The van der Waals surface area contributed by atoms with E-state index in [4.69, 9.17) is 0 Å². The van der Waals surface area contributed by atoms with Crippen LogP contribution in [0.15, 0.2) is 115 Å². The van der Waals surface area contributed by atoms with Gasteiger partial charge in [0.25, 0.3) is 0 Å². The molecule has 4 aromatic carbocycles. The van der Waals surface area contributed by atoms with Gasteiger partial charge in [-0.3, -0.25) is 0 Å². The van der Waals surface area contributed by atoms with Gasteiger partial charge in [-0.15, -0.1) is 0 Å². The molecule has 0 nitrogen and oxygen atoms in total. The van der Waals surface area contributed by atoms with Crippen molar-refractivity contribution >= 4 is 14.4 Å². The predicted octanol–water partition coefficient (Wildman–Crippen LogP) is 8.33. The Balaban J connectivity index is 0.00000224. The molecule has 8 aliphatic carbocycles. The zero-order valence-corrected chi connectivity index (χ0v) is 40.4. The summed E-state index contributed by atoms with van der Waals surface area (Å²) >= 11 is -2.94. The van der Waals surface area contributed by atoms with E-state index in [-0.39, 0.29) is 35.6 Å². The van der Waals surface area contributed by atoms with Crippen LogP contribution in [0.1, 0.15) is 145 Å². The molecule has 1 atom stereocenters. The number of halogens is 2. The molecule has 0 amide bonds. The molecule has 0 aromatic heterocycles. The largest absolute Gasteiger partial charge is 1.00 e. The van der Waals surface area contributed by atoms with Crippen LogP contribution in [0, 0.1) is 29.1 Å². The maximum Gasteiger partial charge on any atom is -1.00 e. The van der Waals surface area contributed by atoms with Crippen LogP contribution in [-0.4, -0.2) is 3.21 Å². The van der Waals surface area contributed by atoms with Crippen molar-refractivity contribution in [2.24, 2.45) is 29.1 Å². The van der Waals surface area contributed by atoms with Crippen LogP contribution in [0.5, 0.6) is 0 Å². The molecular formula is C56H60Cl2Zr. The minimum absolute atomic E-state index is 0. The molecule has 0 N–H and O–H groups in total. The summed E-state index contributed by atoms with van der Waals surface area (Å²) in [5.41, 5.74) is 21.9. The molecule has 12 rings (SSSR count). The Labute approximate surface area is 374 Å². The second kappa shape index (κ2) is 14.6. The summed E-state index contributed by atoms with van der Waals surface area (Å²) in [7, 11) is 0. The zero-order chi connectivity index (χ0) is 39.2. The predicted molar refractivity (Wildman–Crippen MR) is 238 cm³/mol. The molecule has 1 unspecified atom stereocenters. The molecule has 3 heteroatoms. The van der Waals surface area contributed by atoms with E-state index in [1.807, 2.05) is 3.28 Å². The number of hydrogen-bond donors (Lipinski definition) is 0. The average Bonchev–Trinajstić information content (AvgIpc) is 3.80. The van der Waals surface area contributed by atoms with Gasteiger partial charge in [0, 0.05) is 0 Å². The molecule has 59 heavy (non-hydrogen) atoms. The minimum Gasteiger partial charge on any atom is -1.00 e. The van der Waals surface area contributed by atoms with Crippen molar-refractivity contribution < 1.29 is 46.1 Å². The van der Waals surface area contributed by atoms with Crippen LogP contribution in [0.2, 0.25) is 0 Å². The summed E-state index contributed by atoms with van der Waals surface area (Å²) in [6, 6.07) is 33.6. The molecule has 0 aliphatic heterocycles. The molecule has 4 fully saturated rings. The summed E-state index contributed by atoms with van der Waals surface area (Å²) < 4.78 is 5.30. The van der Waals surface area contributed by atoms with Gasteiger partial charge in [0.1, 0.15) is 0 Å². The van der Waals surface area contributed by atoms with Crippen molar-refractivity contribution in [2.45, 2.75) is 118 Å². The molecule has 4 saturated carbocycles. The van der Waals surface area contributed by atoms with Gasteiger partial charge >= 0.3 is 353 Å². The smallest absolute Gasteiger partial charge is 1.00 e. The van der Waals surface area contributed by atoms with Crippen LogP contribution in [0.25, 0.3) is 22.3 Å². The summed E-state index contributed by atoms with van der Waals surface area (Å²) in [5, 5.41) is 0. The van der Waals surface area contributed by atoms with Crippen LogP contribution >= 0.6 is 0 Å². The number of benzene rings is 4. The van der Waals surface area contributed by atoms with E-state index in [1.165, 1.54) is 101 Å². The molecule has 8 aliphatic rings. The fourth-order valence-corrected chi connectivity index (χ4v) is 24.4. The van der Waals surface area contributed by atoms with Gasteiger partial charge < -0.3 is 24.8 Å². The van der Waals surface area contributed by atoms with Crippen molar-refractivity contribution in [2.75, 3.05) is 0 Å². The number of hydrogen-bond acceptors (Lipinski definition) is 0. The van der Waals surface area contributed by atoms with Gasteiger partial charge in [-0.05, 0) is 0 Å². The molecule has 4 aromatic rings. The van der Waals surface area contributed by atoms with E-state index in [0.717, 1.165) is 24.2 Å². The van der Waals surface area contributed by atoms with E-state index in [9.17, 15) is 0 Å².